The van der Waals surface area contributed by atoms with E-state index in [1.165, 1.54) is 12.1 Å². The molecule has 2 rings (SSSR count). The lowest BCUT2D eigenvalue weighted by atomic mass is 10.2. The maximum Gasteiger partial charge on any atom is 0.433 e. The summed E-state index contributed by atoms with van der Waals surface area (Å²) in [6, 6.07) is 5.24. The molecule has 0 aliphatic heterocycles. The van der Waals surface area contributed by atoms with Crippen molar-refractivity contribution in [2.24, 2.45) is 0 Å². The van der Waals surface area contributed by atoms with Gasteiger partial charge in [-0.1, -0.05) is 0 Å². The Balaban J connectivity index is 2.14. The predicted octanol–water partition coefficient (Wildman–Crippen LogP) is 3.07. The Hall–Kier alpha value is -2.64. The first kappa shape index (κ1) is 14.8. The van der Waals surface area contributed by atoms with Crippen molar-refractivity contribution in [3.63, 3.8) is 0 Å². The van der Waals surface area contributed by atoms with Crippen molar-refractivity contribution in [2.45, 2.75) is 6.18 Å². The predicted molar refractivity (Wildman–Crippen MR) is 68.0 cm³/mol. The van der Waals surface area contributed by atoms with Gasteiger partial charge < -0.3 is 11.1 Å². The first-order valence-corrected chi connectivity index (χ1v) is 5.67. The number of pyridine rings is 1. The summed E-state index contributed by atoms with van der Waals surface area (Å²) in [6.45, 7) is 0. The van der Waals surface area contributed by atoms with Crippen LogP contribution in [0.15, 0.2) is 36.5 Å². The van der Waals surface area contributed by atoms with Crippen LogP contribution in [-0.2, 0) is 6.18 Å². The van der Waals surface area contributed by atoms with Gasteiger partial charge in [0.05, 0.1) is 17.6 Å². The molecule has 0 saturated heterocycles. The fraction of sp³-hybridized carbons (Fsp3) is 0.0769. The molecule has 110 valence electrons. The van der Waals surface area contributed by atoms with Gasteiger partial charge in [0.1, 0.15) is 11.5 Å². The van der Waals surface area contributed by atoms with E-state index in [2.05, 4.69) is 10.3 Å². The van der Waals surface area contributed by atoms with Crippen LogP contribution < -0.4 is 11.1 Å². The lowest BCUT2D eigenvalue weighted by Crippen LogP contribution is -2.14. The van der Waals surface area contributed by atoms with Crippen LogP contribution >= 0.6 is 0 Å². The molecular formula is C13H9F4N3O. The molecule has 1 amide bonds. The molecule has 1 aromatic carbocycles. The number of hydrogen-bond donors (Lipinski definition) is 2. The molecule has 2 aromatic rings. The number of rotatable bonds is 2. The van der Waals surface area contributed by atoms with Crippen LogP contribution in [0, 0.1) is 5.82 Å². The van der Waals surface area contributed by atoms with Gasteiger partial charge in [0, 0.05) is 5.56 Å². The van der Waals surface area contributed by atoms with Crippen LogP contribution in [0.2, 0.25) is 0 Å². The molecule has 3 N–H and O–H groups in total. The molecule has 4 nitrogen and oxygen atoms in total. The zero-order valence-corrected chi connectivity index (χ0v) is 10.4. The number of carbonyl (C=O) groups is 1. The first-order valence-electron chi connectivity index (χ1n) is 5.67. The molecular weight excluding hydrogens is 290 g/mol. The molecule has 21 heavy (non-hydrogen) atoms. The fourth-order valence-corrected chi connectivity index (χ4v) is 1.51. The van der Waals surface area contributed by atoms with Gasteiger partial charge in [-0.2, -0.15) is 13.2 Å². The fourth-order valence-electron chi connectivity index (χ4n) is 1.51. The highest BCUT2D eigenvalue weighted by molar-refractivity contribution is 6.04. The summed E-state index contributed by atoms with van der Waals surface area (Å²) in [5.74, 6) is -1.44. The molecule has 1 aromatic heterocycles. The molecule has 1 heterocycles. The number of anilines is 2. The van der Waals surface area contributed by atoms with Crippen molar-refractivity contribution in [3.05, 3.63) is 53.6 Å². The van der Waals surface area contributed by atoms with Gasteiger partial charge >= 0.3 is 6.18 Å². The summed E-state index contributed by atoms with van der Waals surface area (Å²) in [5.41, 5.74) is 4.14. The number of hydrogen-bond acceptors (Lipinski definition) is 3. The molecule has 0 bridgehead atoms. The Kier molecular flexibility index (Phi) is 3.79. The second kappa shape index (κ2) is 5.39. The molecule has 0 radical (unpaired) electrons. The van der Waals surface area contributed by atoms with Crippen LogP contribution in [-0.4, -0.2) is 10.9 Å². The highest BCUT2D eigenvalue weighted by Gasteiger charge is 2.32. The quantitative estimate of drug-likeness (QED) is 0.661. The van der Waals surface area contributed by atoms with Crippen LogP contribution in [0.4, 0.5) is 28.9 Å². The summed E-state index contributed by atoms with van der Waals surface area (Å²) in [5, 5.41) is 2.31. The van der Waals surface area contributed by atoms with Gasteiger partial charge in [0.25, 0.3) is 5.91 Å². The van der Waals surface area contributed by atoms with Crippen LogP contribution in [0.1, 0.15) is 16.1 Å². The number of nitrogens with two attached hydrogens (primary N) is 1. The van der Waals surface area contributed by atoms with E-state index >= 15 is 0 Å². The van der Waals surface area contributed by atoms with Gasteiger partial charge in [-0.05, 0) is 30.3 Å². The Morgan fingerprint density at radius 3 is 2.43 bits per heavy atom. The molecule has 0 aliphatic rings. The van der Waals surface area contributed by atoms with E-state index in [-0.39, 0.29) is 16.9 Å². The third kappa shape index (κ3) is 3.47. The normalized spacial score (nSPS) is 11.2. The van der Waals surface area contributed by atoms with Crippen molar-refractivity contribution < 1.29 is 22.4 Å². The average molecular weight is 299 g/mol. The van der Waals surface area contributed by atoms with E-state index in [0.717, 1.165) is 24.4 Å². The van der Waals surface area contributed by atoms with E-state index in [1.54, 1.807) is 0 Å². The molecule has 8 heteroatoms. The minimum atomic E-state index is -4.55. The van der Waals surface area contributed by atoms with Gasteiger partial charge in [-0.25, -0.2) is 9.37 Å². The summed E-state index contributed by atoms with van der Waals surface area (Å²) in [6.07, 6.45) is -3.68. The largest absolute Gasteiger partial charge is 0.433 e. The standard InChI is InChI=1S/C13H9F4N3O/c14-9-5-7(1-3-10(9)18)12(21)20-8-2-4-11(19-6-8)13(15,16)17/h1-6H,18H2,(H,20,21). The summed E-state index contributed by atoms with van der Waals surface area (Å²) in [4.78, 5) is 15.0. The Morgan fingerprint density at radius 1 is 1.19 bits per heavy atom. The second-order valence-corrected chi connectivity index (χ2v) is 4.12. The number of nitrogens with one attached hydrogen (secondary N) is 1. The lowest BCUT2D eigenvalue weighted by Gasteiger charge is -2.08. The second-order valence-electron chi connectivity index (χ2n) is 4.12. The number of aromatic nitrogens is 1. The van der Waals surface area contributed by atoms with Gasteiger partial charge in [-0.3, -0.25) is 4.79 Å². The van der Waals surface area contributed by atoms with E-state index < -0.39 is 23.6 Å². The molecule has 0 fully saturated rings. The zero-order valence-electron chi connectivity index (χ0n) is 10.4. The smallest absolute Gasteiger partial charge is 0.396 e. The maximum atomic E-state index is 13.2. The SMILES string of the molecule is Nc1ccc(C(=O)Nc2ccc(C(F)(F)F)nc2)cc1F. The van der Waals surface area contributed by atoms with Crippen molar-refractivity contribution in [3.8, 4) is 0 Å². The van der Waals surface area contributed by atoms with Crippen LogP contribution in [0.25, 0.3) is 0 Å². The molecule has 0 spiro atoms. The number of nitrogens with zero attached hydrogens (tertiary/aromatic N) is 1. The third-order valence-electron chi connectivity index (χ3n) is 2.57. The first-order chi connectivity index (χ1) is 9.77. The van der Waals surface area contributed by atoms with Crippen LogP contribution in [0.5, 0.6) is 0 Å². The zero-order chi connectivity index (χ0) is 15.6. The molecule has 0 atom stereocenters. The van der Waals surface area contributed by atoms with E-state index in [0.29, 0.717) is 0 Å². The number of alkyl halides is 3. The summed E-state index contributed by atoms with van der Waals surface area (Å²) >= 11 is 0. The summed E-state index contributed by atoms with van der Waals surface area (Å²) in [7, 11) is 0. The third-order valence-corrected chi connectivity index (χ3v) is 2.57. The Labute approximate surface area is 116 Å². The van der Waals surface area contributed by atoms with Crippen molar-refractivity contribution in [1.82, 2.24) is 4.98 Å². The van der Waals surface area contributed by atoms with E-state index in [9.17, 15) is 22.4 Å². The average Bonchev–Trinajstić information content (AvgIpc) is 2.41. The van der Waals surface area contributed by atoms with Crippen molar-refractivity contribution >= 4 is 17.3 Å². The van der Waals surface area contributed by atoms with E-state index in [4.69, 9.17) is 5.73 Å². The summed E-state index contributed by atoms with van der Waals surface area (Å²) < 4.78 is 50.2. The maximum absolute atomic E-state index is 13.2. The Bertz CT molecular complexity index is 668. The van der Waals surface area contributed by atoms with Gasteiger partial charge in [-0.15, -0.1) is 0 Å². The van der Waals surface area contributed by atoms with Crippen molar-refractivity contribution in [2.75, 3.05) is 11.1 Å². The lowest BCUT2D eigenvalue weighted by molar-refractivity contribution is -0.141. The molecule has 0 aliphatic carbocycles. The van der Waals surface area contributed by atoms with E-state index in [1.807, 2.05) is 0 Å². The monoisotopic (exact) mass is 299 g/mol. The Morgan fingerprint density at radius 2 is 1.90 bits per heavy atom. The van der Waals surface area contributed by atoms with Crippen molar-refractivity contribution in [1.29, 1.82) is 0 Å². The topological polar surface area (TPSA) is 68.0 Å². The number of benzene rings is 1. The number of amides is 1. The van der Waals surface area contributed by atoms with Gasteiger partial charge in [0.2, 0.25) is 0 Å². The van der Waals surface area contributed by atoms with Crippen LogP contribution in [0.3, 0.4) is 0 Å². The molecule has 0 saturated carbocycles. The number of carbonyl (C=O) groups excluding carboxylic acids is 1. The number of nitrogen functional groups attached to an aromatic ring is 1. The highest BCUT2D eigenvalue weighted by atomic mass is 19.4. The minimum Gasteiger partial charge on any atom is -0.396 e. The van der Waals surface area contributed by atoms with Gasteiger partial charge in [0.15, 0.2) is 0 Å². The molecule has 0 unspecified atom stereocenters. The highest BCUT2D eigenvalue weighted by Crippen LogP contribution is 2.27. The minimum absolute atomic E-state index is 0.0124. The number of halogens is 4.